The molecule has 0 aliphatic carbocycles. The van der Waals surface area contributed by atoms with Crippen LogP contribution in [0.2, 0.25) is 5.15 Å². The fourth-order valence-electron chi connectivity index (χ4n) is 1.45. The van der Waals surface area contributed by atoms with Crippen molar-refractivity contribution < 1.29 is 9.53 Å². The fraction of sp³-hybridized carbons (Fsp3) is 0.273. The van der Waals surface area contributed by atoms with E-state index in [-0.39, 0.29) is 12.4 Å². The molecule has 2 aromatic heterocycles. The minimum Gasteiger partial charge on any atom is -0.466 e. The van der Waals surface area contributed by atoms with Gasteiger partial charge in [-0.25, -0.2) is 9.97 Å². The molecule has 18 heavy (non-hydrogen) atoms. The van der Waals surface area contributed by atoms with Gasteiger partial charge in [0.25, 0.3) is 0 Å². The summed E-state index contributed by atoms with van der Waals surface area (Å²) in [7, 11) is 0. The van der Waals surface area contributed by atoms with Gasteiger partial charge in [-0.15, -0.1) is 0 Å². The van der Waals surface area contributed by atoms with E-state index in [0.29, 0.717) is 28.5 Å². The molecule has 0 atom stereocenters. The van der Waals surface area contributed by atoms with Crippen molar-refractivity contribution in [2.75, 3.05) is 6.61 Å². The topological polar surface area (TPSA) is 80.8 Å². The highest BCUT2D eigenvalue weighted by Gasteiger charge is 2.08. The smallest absolute Gasteiger partial charge is 0.309 e. The molecule has 0 radical (unpaired) electrons. The summed E-state index contributed by atoms with van der Waals surface area (Å²) in [6.45, 7) is 2.14. The van der Waals surface area contributed by atoms with E-state index in [1.807, 2.05) is 0 Å². The summed E-state index contributed by atoms with van der Waals surface area (Å²) in [5.41, 5.74) is 1.16. The molecule has 6 nitrogen and oxygen atoms in total. The first-order chi connectivity index (χ1) is 8.72. The molecule has 0 bridgehead atoms. The lowest BCUT2D eigenvalue weighted by Crippen LogP contribution is -2.01. The number of hydrogen-bond donors (Lipinski definition) is 1. The Morgan fingerprint density at radius 1 is 1.56 bits per heavy atom. The number of fused-ring (bicyclic) bond motifs is 1. The largest absolute Gasteiger partial charge is 0.466 e. The standard InChI is InChI=1S/C11H11ClN4O2/c1-2-18-8(17)5-3-4-7-9-10(12)13-6-14-11(9)16-15-7/h3-4,6H,2,5H2,1H3,(H,13,14,15,16). The molecule has 0 amide bonds. The molecule has 94 valence electrons. The molecule has 0 aliphatic rings. The highest BCUT2D eigenvalue weighted by Crippen LogP contribution is 2.21. The Labute approximate surface area is 108 Å². The Morgan fingerprint density at radius 2 is 2.39 bits per heavy atom. The zero-order chi connectivity index (χ0) is 13.0. The summed E-state index contributed by atoms with van der Waals surface area (Å²) >= 11 is 5.96. The monoisotopic (exact) mass is 266 g/mol. The zero-order valence-electron chi connectivity index (χ0n) is 9.68. The zero-order valence-corrected chi connectivity index (χ0v) is 10.4. The maximum Gasteiger partial charge on any atom is 0.309 e. The maximum absolute atomic E-state index is 11.2. The van der Waals surface area contributed by atoms with Crippen LogP contribution >= 0.6 is 11.6 Å². The number of carbonyl (C=O) groups is 1. The molecule has 0 fully saturated rings. The van der Waals surface area contributed by atoms with E-state index in [0.717, 1.165) is 0 Å². The van der Waals surface area contributed by atoms with Gasteiger partial charge in [-0.05, 0) is 13.0 Å². The highest BCUT2D eigenvalue weighted by molar-refractivity contribution is 6.34. The highest BCUT2D eigenvalue weighted by atomic mass is 35.5. The van der Waals surface area contributed by atoms with Crippen molar-refractivity contribution in [3.8, 4) is 0 Å². The summed E-state index contributed by atoms with van der Waals surface area (Å²) in [6.07, 6.45) is 4.92. The summed E-state index contributed by atoms with van der Waals surface area (Å²) in [6, 6.07) is 0. The van der Waals surface area contributed by atoms with E-state index in [2.05, 4.69) is 20.2 Å². The third-order valence-electron chi connectivity index (χ3n) is 2.21. The van der Waals surface area contributed by atoms with Gasteiger partial charge in [-0.3, -0.25) is 9.89 Å². The van der Waals surface area contributed by atoms with E-state index >= 15 is 0 Å². The molecule has 2 heterocycles. The normalized spacial score (nSPS) is 11.2. The molecule has 1 N–H and O–H groups in total. The SMILES string of the molecule is CCOC(=O)CC=Cc1[nH]nc2ncnc(Cl)c12. The van der Waals surface area contributed by atoms with Gasteiger partial charge in [-0.2, -0.15) is 5.10 Å². The van der Waals surface area contributed by atoms with Crippen LogP contribution in [0, 0.1) is 0 Å². The minimum atomic E-state index is -0.278. The summed E-state index contributed by atoms with van der Waals surface area (Å²) < 4.78 is 4.81. The van der Waals surface area contributed by atoms with Gasteiger partial charge in [-0.1, -0.05) is 17.7 Å². The Balaban J connectivity index is 2.17. The average Bonchev–Trinajstić information content (AvgIpc) is 2.74. The number of carbonyl (C=O) groups excluding carboxylic acids is 1. The predicted molar refractivity (Wildman–Crippen MR) is 67.0 cm³/mol. The van der Waals surface area contributed by atoms with Crippen molar-refractivity contribution in [3.05, 3.63) is 23.3 Å². The predicted octanol–water partition coefficient (Wildman–Crippen LogP) is 1.97. The van der Waals surface area contributed by atoms with Gasteiger partial charge >= 0.3 is 5.97 Å². The number of esters is 1. The van der Waals surface area contributed by atoms with E-state index in [1.54, 1.807) is 19.1 Å². The van der Waals surface area contributed by atoms with Crippen molar-refractivity contribution in [1.82, 2.24) is 20.2 Å². The lowest BCUT2D eigenvalue weighted by molar-refractivity contribution is -0.142. The maximum atomic E-state index is 11.2. The van der Waals surface area contributed by atoms with Crippen molar-refractivity contribution in [1.29, 1.82) is 0 Å². The van der Waals surface area contributed by atoms with Gasteiger partial charge in [0, 0.05) is 0 Å². The van der Waals surface area contributed by atoms with Crippen LogP contribution in [0.4, 0.5) is 0 Å². The molecule has 0 saturated carbocycles. The van der Waals surface area contributed by atoms with Gasteiger partial charge in [0.15, 0.2) is 5.65 Å². The number of H-pyrrole nitrogens is 1. The third kappa shape index (κ3) is 2.65. The summed E-state index contributed by atoms with van der Waals surface area (Å²) in [4.78, 5) is 19.0. The van der Waals surface area contributed by atoms with Gasteiger partial charge in [0.05, 0.1) is 24.1 Å². The van der Waals surface area contributed by atoms with Crippen LogP contribution in [0.5, 0.6) is 0 Å². The Bertz CT molecular complexity index is 594. The number of nitrogens with one attached hydrogen (secondary N) is 1. The van der Waals surface area contributed by atoms with Crippen molar-refractivity contribution >= 4 is 34.7 Å². The summed E-state index contributed by atoms with van der Waals surface area (Å²) in [5, 5.41) is 7.73. The van der Waals surface area contributed by atoms with E-state index in [4.69, 9.17) is 16.3 Å². The Morgan fingerprint density at radius 3 is 3.17 bits per heavy atom. The molecule has 0 aromatic carbocycles. The molecule has 2 aromatic rings. The van der Waals surface area contributed by atoms with Crippen molar-refractivity contribution in [2.24, 2.45) is 0 Å². The van der Waals surface area contributed by atoms with E-state index in [1.165, 1.54) is 6.33 Å². The van der Waals surface area contributed by atoms with Crippen LogP contribution in [0.1, 0.15) is 19.0 Å². The lowest BCUT2D eigenvalue weighted by atomic mass is 10.2. The van der Waals surface area contributed by atoms with Crippen LogP contribution in [-0.2, 0) is 9.53 Å². The second-order valence-electron chi connectivity index (χ2n) is 3.41. The molecule has 0 aliphatic heterocycles. The Kier molecular flexibility index (Phi) is 3.88. The number of rotatable bonds is 4. The number of aromatic amines is 1. The van der Waals surface area contributed by atoms with Crippen molar-refractivity contribution in [3.63, 3.8) is 0 Å². The van der Waals surface area contributed by atoms with E-state index < -0.39 is 0 Å². The molecule has 0 saturated heterocycles. The number of ether oxygens (including phenoxy) is 1. The van der Waals surface area contributed by atoms with Gasteiger partial charge in [0.1, 0.15) is 11.5 Å². The first kappa shape index (κ1) is 12.5. The van der Waals surface area contributed by atoms with Crippen LogP contribution in [0.25, 0.3) is 17.1 Å². The Hall–Kier alpha value is -1.95. The third-order valence-corrected chi connectivity index (χ3v) is 2.49. The number of nitrogens with zero attached hydrogens (tertiary/aromatic N) is 3. The molecule has 0 unspecified atom stereocenters. The summed E-state index contributed by atoms with van der Waals surface area (Å²) in [5.74, 6) is -0.278. The lowest BCUT2D eigenvalue weighted by Gasteiger charge is -1.96. The quantitative estimate of drug-likeness (QED) is 0.676. The molecule has 0 spiro atoms. The molecular formula is C11H11ClN4O2. The first-order valence-corrected chi connectivity index (χ1v) is 5.77. The van der Waals surface area contributed by atoms with Crippen LogP contribution < -0.4 is 0 Å². The van der Waals surface area contributed by atoms with Crippen LogP contribution in [0.15, 0.2) is 12.4 Å². The average molecular weight is 267 g/mol. The number of halogens is 1. The fourth-order valence-corrected chi connectivity index (χ4v) is 1.68. The van der Waals surface area contributed by atoms with Gasteiger partial charge in [0.2, 0.25) is 0 Å². The van der Waals surface area contributed by atoms with Crippen molar-refractivity contribution in [2.45, 2.75) is 13.3 Å². The molecule has 2 rings (SSSR count). The second kappa shape index (κ2) is 5.59. The van der Waals surface area contributed by atoms with Crippen LogP contribution in [-0.4, -0.2) is 32.7 Å². The second-order valence-corrected chi connectivity index (χ2v) is 3.77. The minimum absolute atomic E-state index is 0.194. The van der Waals surface area contributed by atoms with E-state index in [9.17, 15) is 4.79 Å². The number of hydrogen-bond acceptors (Lipinski definition) is 5. The number of aromatic nitrogens is 4. The van der Waals surface area contributed by atoms with Crippen LogP contribution in [0.3, 0.4) is 0 Å². The van der Waals surface area contributed by atoms with Gasteiger partial charge < -0.3 is 4.74 Å². The first-order valence-electron chi connectivity index (χ1n) is 5.39. The molecule has 7 heteroatoms. The molecular weight excluding hydrogens is 256 g/mol.